The maximum atomic E-state index is 5.63. The summed E-state index contributed by atoms with van der Waals surface area (Å²) >= 11 is 0. The highest BCUT2D eigenvalue weighted by atomic mass is 14.6. The van der Waals surface area contributed by atoms with Crippen molar-refractivity contribution in [3.8, 4) is 0 Å². The Morgan fingerprint density at radius 3 is 2.00 bits per heavy atom. The summed E-state index contributed by atoms with van der Waals surface area (Å²) in [5.41, 5.74) is 14.0. The van der Waals surface area contributed by atoms with Crippen molar-refractivity contribution in [1.82, 2.24) is 0 Å². The largest absolute Gasteiger partial charge is 0.330 e. The molecule has 2 nitrogen and oxygen atoms in total. The zero-order valence-electron chi connectivity index (χ0n) is 9.58. The van der Waals surface area contributed by atoms with Gasteiger partial charge in [0.2, 0.25) is 0 Å². The smallest absolute Gasteiger partial charge is 0.00336 e. The average molecular weight is 206 g/mol. The number of benzene rings is 1. The van der Waals surface area contributed by atoms with Gasteiger partial charge in [-0.3, -0.25) is 0 Å². The van der Waals surface area contributed by atoms with E-state index >= 15 is 0 Å². The minimum Gasteiger partial charge on any atom is -0.330 e. The first-order valence-corrected chi connectivity index (χ1v) is 5.78. The summed E-state index contributed by atoms with van der Waals surface area (Å²) in [6.07, 6.45) is 3.37. The zero-order valence-corrected chi connectivity index (χ0v) is 9.58. The first-order chi connectivity index (χ1) is 7.30. The molecule has 1 aromatic rings. The summed E-state index contributed by atoms with van der Waals surface area (Å²) in [7, 11) is 0. The van der Waals surface area contributed by atoms with E-state index in [0.717, 1.165) is 12.8 Å². The van der Waals surface area contributed by atoms with E-state index in [2.05, 4.69) is 31.2 Å². The Bertz CT molecular complexity index is 262. The van der Waals surface area contributed by atoms with Gasteiger partial charge in [-0.25, -0.2) is 0 Å². The molecule has 0 fully saturated rings. The van der Waals surface area contributed by atoms with Crippen molar-refractivity contribution in [2.75, 3.05) is 13.1 Å². The quantitative estimate of drug-likeness (QED) is 0.744. The Labute approximate surface area is 92.7 Å². The minimum atomic E-state index is 0.419. The molecule has 0 saturated heterocycles. The van der Waals surface area contributed by atoms with Crippen LogP contribution in [0.2, 0.25) is 0 Å². The molecule has 2 heteroatoms. The van der Waals surface area contributed by atoms with Crippen molar-refractivity contribution in [2.45, 2.75) is 26.2 Å². The summed E-state index contributed by atoms with van der Waals surface area (Å²) in [6, 6.07) is 8.82. The molecule has 0 radical (unpaired) electrons. The third kappa shape index (κ3) is 4.02. The van der Waals surface area contributed by atoms with Crippen LogP contribution in [0.25, 0.3) is 0 Å². The molecule has 0 amide bonds. The fourth-order valence-electron chi connectivity index (χ4n) is 1.73. The Kier molecular flexibility index (Phi) is 5.37. The second-order valence-electron chi connectivity index (χ2n) is 4.11. The van der Waals surface area contributed by atoms with Gasteiger partial charge < -0.3 is 11.5 Å². The van der Waals surface area contributed by atoms with Crippen LogP contribution in [0, 0.1) is 5.92 Å². The van der Waals surface area contributed by atoms with Gasteiger partial charge in [0.05, 0.1) is 0 Å². The lowest BCUT2D eigenvalue weighted by Crippen LogP contribution is -2.25. The molecular formula is C13H22N2. The van der Waals surface area contributed by atoms with Crippen LogP contribution in [0.15, 0.2) is 24.3 Å². The summed E-state index contributed by atoms with van der Waals surface area (Å²) in [5, 5.41) is 0. The predicted molar refractivity (Wildman–Crippen MR) is 65.7 cm³/mol. The van der Waals surface area contributed by atoms with Crippen molar-refractivity contribution in [3.63, 3.8) is 0 Å². The second-order valence-corrected chi connectivity index (χ2v) is 4.11. The second kappa shape index (κ2) is 6.59. The van der Waals surface area contributed by atoms with Gasteiger partial charge in [-0.1, -0.05) is 37.6 Å². The van der Waals surface area contributed by atoms with Gasteiger partial charge >= 0.3 is 0 Å². The van der Waals surface area contributed by atoms with Crippen molar-refractivity contribution in [3.05, 3.63) is 35.4 Å². The molecule has 4 N–H and O–H groups in total. The van der Waals surface area contributed by atoms with Crippen LogP contribution in [0.1, 0.15) is 24.5 Å². The molecule has 0 aliphatic rings. The van der Waals surface area contributed by atoms with E-state index in [-0.39, 0.29) is 0 Å². The Morgan fingerprint density at radius 1 is 1.00 bits per heavy atom. The molecule has 0 atom stereocenters. The molecule has 0 bridgehead atoms. The van der Waals surface area contributed by atoms with Crippen LogP contribution in [0.5, 0.6) is 0 Å². The normalized spacial score (nSPS) is 10.9. The van der Waals surface area contributed by atoms with Crippen LogP contribution in [-0.4, -0.2) is 13.1 Å². The van der Waals surface area contributed by atoms with Crippen molar-refractivity contribution >= 4 is 0 Å². The zero-order chi connectivity index (χ0) is 11.1. The maximum Gasteiger partial charge on any atom is -0.00336 e. The Morgan fingerprint density at radius 2 is 1.53 bits per heavy atom. The minimum absolute atomic E-state index is 0.419. The fourth-order valence-corrected chi connectivity index (χ4v) is 1.73. The molecular weight excluding hydrogens is 184 g/mol. The number of hydrogen-bond donors (Lipinski definition) is 2. The van der Waals surface area contributed by atoms with E-state index in [1.165, 1.54) is 17.5 Å². The van der Waals surface area contributed by atoms with Gasteiger partial charge in [-0.2, -0.15) is 0 Å². The van der Waals surface area contributed by atoms with E-state index in [9.17, 15) is 0 Å². The van der Waals surface area contributed by atoms with Gasteiger partial charge in [0.15, 0.2) is 0 Å². The highest BCUT2D eigenvalue weighted by Gasteiger charge is 2.05. The van der Waals surface area contributed by atoms with Crippen LogP contribution in [0.3, 0.4) is 0 Å². The van der Waals surface area contributed by atoms with Crippen LogP contribution in [0.4, 0.5) is 0 Å². The molecule has 0 aliphatic heterocycles. The third-order valence-electron chi connectivity index (χ3n) is 2.75. The van der Waals surface area contributed by atoms with Gasteiger partial charge in [-0.15, -0.1) is 0 Å². The molecule has 84 valence electrons. The highest BCUT2D eigenvalue weighted by Crippen LogP contribution is 2.10. The van der Waals surface area contributed by atoms with Gasteiger partial charge in [0.1, 0.15) is 0 Å². The lowest BCUT2D eigenvalue weighted by Gasteiger charge is -2.12. The van der Waals surface area contributed by atoms with E-state index in [0.29, 0.717) is 19.0 Å². The first-order valence-electron chi connectivity index (χ1n) is 5.78. The molecule has 15 heavy (non-hydrogen) atoms. The number of rotatable bonds is 6. The number of hydrogen-bond acceptors (Lipinski definition) is 2. The first kappa shape index (κ1) is 12.2. The Hall–Kier alpha value is -0.860. The van der Waals surface area contributed by atoms with E-state index in [1.807, 2.05) is 0 Å². The van der Waals surface area contributed by atoms with Crippen LogP contribution in [-0.2, 0) is 12.8 Å². The monoisotopic (exact) mass is 206 g/mol. The highest BCUT2D eigenvalue weighted by molar-refractivity contribution is 5.23. The topological polar surface area (TPSA) is 52.0 Å². The summed E-state index contributed by atoms with van der Waals surface area (Å²) in [6.45, 7) is 3.55. The standard InChI is InChI=1S/C13H22N2/c1-2-3-11-4-6-12(7-5-11)8-13(9-14)10-15/h4-7,13H,2-3,8-10,14-15H2,1H3. The van der Waals surface area contributed by atoms with Crippen molar-refractivity contribution in [2.24, 2.45) is 17.4 Å². The number of nitrogens with two attached hydrogens (primary N) is 2. The van der Waals surface area contributed by atoms with Crippen molar-refractivity contribution in [1.29, 1.82) is 0 Å². The van der Waals surface area contributed by atoms with Gasteiger partial charge in [0, 0.05) is 0 Å². The van der Waals surface area contributed by atoms with Gasteiger partial charge in [0.25, 0.3) is 0 Å². The molecule has 1 aromatic carbocycles. The van der Waals surface area contributed by atoms with Crippen molar-refractivity contribution < 1.29 is 0 Å². The lowest BCUT2D eigenvalue weighted by molar-refractivity contribution is 0.548. The SMILES string of the molecule is CCCc1ccc(CC(CN)CN)cc1. The predicted octanol–water partition coefficient (Wildman–Crippen LogP) is 1.72. The molecule has 0 saturated carbocycles. The Balaban J connectivity index is 2.55. The van der Waals surface area contributed by atoms with E-state index in [1.54, 1.807) is 0 Å². The summed E-state index contributed by atoms with van der Waals surface area (Å²) < 4.78 is 0. The summed E-state index contributed by atoms with van der Waals surface area (Å²) in [5.74, 6) is 0.419. The van der Waals surface area contributed by atoms with Crippen LogP contribution >= 0.6 is 0 Å². The molecule has 0 unspecified atom stereocenters. The number of aryl methyl sites for hydroxylation is 1. The molecule has 0 aromatic heterocycles. The maximum absolute atomic E-state index is 5.63. The molecule has 0 heterocycles. The molecule has 0 spiro atoms. The van der Waals surface area contributed by atoms with Gasteiger partial charge in [-0.05, 0) is 43.0 Å². The average Bonchev–Trinajstić information content (AvgIpc) is 2.28. The fraction of sp³-hybridized carbons (Fsp3) is 0.538. The third-order valence-corrected chi connectivity index (χ3v) is 2.75. The van der Waals surface area contributed by atoms with E-state index < -0.39 is 0 Å². The lowest BCUT2D eigenvalue weighted by atomic mass is 9.98. The summed E-state index contributed by atoms with van der Waals surface area (Å²) in [4.78, 5) is 0. The van der Waals surface area contributed by atoms with Crippen LogP contribution < -0.4 is 11.5 Å². The van der Waals surface area contributed by atoms with E-state index in [4.69, 9.17) is 11.5 Å². The molecule has 0 aliphatic carbocycles. The molecule has 1 rings (SSSR count).